The number of carbonyl (C=O) groups excluding carboxylic acids is 1. The Morgan fingerprint density at radius 1 is 0.972 bits per heavy atom. The van der Waals surface area contributed by atoms with Crippen molar-refractivity contribution in [2.24, 2.45) is 11.8 Å². The molecule has 10 heteroatoms. The van der Waals surface area contributed by atoms with Gasteiger partial charge in [-0.15, -0.1) is 0 Å². The van der Waals surface area contributed by atoms with Crippen molar-refractivity contribution in [1.82, 2.24) is 15.3 Å². The van der Waals surface area contributed by atoms with Crippen LogP contribution in [-0.4, -0.2) is 43.1 Å². The zero-order chi connectivity index (χ0) is 25.9. The second-order valence-corrected chi connectivity index (χ2v) is 9.42. The lowest BCUT2D eigenvalue weighted by molar-refractivity contribution is -0.138. The number of hydrogen-bond donors (Lipinski definition) is 2. The molecule has 1 heterocycles. The molecule has 0 atom stereocenters. The number of hydrogen-bond acceptors (Lipinski definition) is 5. The summed E-state index contributed by atoms with van der Waals surface area (Å²) in [6.45, 7) is 0.916. The Hall–Kier alpha value is -3.43. The Bertz CT molecular complexity index is 1220. The van der Waals surface area contributed by atoms with Crippen molar-refractivity contribution >= 4 is 28.6 Å². The highest BCUT2D eigenvalue weighted by Gasteiger charge is 2.37. The molecule has 1 amide bonds. The van der Waals surface area contributed by atoms with Crippen LogP contribution in [0.3, 0.4) is 0 Å². The Morgan fingerprint density at radius 3 is 2.31 bits per heavy atom. The molecule has 1 aliphatic carbocycles. The van der Waals surface area contributed by atoms with Gasteiger partial charge < -0.3 is 15.5 Å². The number of para-hydroxylation sites is 1. The number of rotatable bonds is 7. The lowest BCUT2D eigenvalue weighted by Gasteiger charge is -2.29. The maximum atomic E-state index is 14.0. The van der Waals surface area contributed by atoms with Gasteiger partial charge in [-0.3, -0.25) is 4.79 Å². The normalized spacial score (nSPS) is 18.2. The average molecular weight is 504 g/mol. The second-order valence-electron chi connectivity index (χ2n) is 9.42. The average Bonchev–Trinajstić information content (AvgIpc) is 2.85. The number of nitrogens with one attached hydrogen (secondary N) is 2. The highest BCUT2D eigenvalue weighted by atomic mass is 19.4. The molecule has 4 rings (SSSR count). The topological polar surface area (TPSA) is 70.2 Å². The van der Waals surface area contributed by atoms with E-state index in [-0.39, 0.29) is 12.5 Å². The third-order valence-corrected chi connectivity index (χ3v) is 6.62. The van der Waals surface area contributed by atoms with Crippen molar-refractivity contribution in [3.63, 3.8) is 0 Å². The summed E-state index contributed by atoms with van der Waals surface area (Å²) in [5.41, 5.74) is -1.35. The molecule has 6 nitrogen and oxygen atoms in total. The zero-order valence-corrected chi connectivity index (χ0v) is 20.2. The molecular weight excluding hydrogens is 474 g/mol. The molecule has 2 N–H and O–H groups in total. The molecule has 192 valence electrons. The fraction of sp³-hybridized carbons (Fsp3) is 0.423. The zero-order valence-electron chi connectivity index (χ0n) is 20.2. The lowest BCUT2D eigenvalue weighted by Crippen LogP contribution is -2.34. The maximum Gasteiger partial charge on any atom is 0.417 e. The standard InChI is InChI=1S/C26H29F4N5O/c1-35(2)23-18-6-3-4-9-21(18)33-25(34-23)32-15-17-12-10-16(11-13-17)14-31-24(36)22-19(26(28,29)30)7-5-8-20(22)27/h3-9,16-17H,10-15H2,1-2H3,(H,31,36)(H,32,33,34). The molecule has 0 saturated heterocycles. The molecule has 0 radical (unpaired) electrons. The van der Waals surface area contributed by atoms with E-state index < -0.39 is 29.0 Å². The summed E-state index contributed by atoms with van der Waals surface area (Å²) in [6, 6.07) is 10.4. The first-order valence-electron chi connectivity index (χ1n) is 12.0. The number of amides is 1. The highest BCUT2D eigenvalue weighted by molar-refractivity contribution is 5.96. The molecule has 1 fully saturated rings. The minimum Gasteiger partial charge on any atom is -0.362 e. The Labute approximate surface area is 207 Å². The Kier molecular flexibility index (Phi) is 7.61. The largest absolute Gasteiger partial charge is 0.417 e. The number of carbonyl (C=O) groups is 1. The predicted molar refractivity (Wildman–Crippen MR) is 132 cm³/mol. The van der Waals surface area contributed by atoms with Crippen LogP contribution in [0.1, 0.15) is 41.6 Å². The first-order valence-corrected chi connectivity index (χ1v) is 12.0. The summed E-state index contributed by atoms with van der Waals surface area (Å²) in [5.74, 6) is -0.287. The van der Waals surface area contributed by atoms with Crippen LogP contribution in [0, 0.1) is 17.7 Å². The fourth-order valence-corrected chi connectivity index (χ4v) is 4.67. The van der Waals surface area contributed by atoms with E-state index >= 15 is 0 Å². The molecule has 2 aromatic carbocycles. The fourth-order valence-electron chi connectivity index (χ4n) is 4.67. The monoisotopic (exact) mass is 503 g/mol. The molecule has 1 aliphatic rings. The van der Waals surface area contributed by atoms with Crippen molar-refractivity contribution in [2.75, 3.05) is 37.4 Å². The smallest absolute Gasteiger partial charge is 0.362 e. The first kappa shape index (κ1) is 25.7. The van der Waals surface area contributed by atoms with Crippen molar-refractivity contribution in [3.8, 4) is 0 Å². The van der Waals surface area contributed by atoms with Crippen molar-refractivity contribution in [1.29, 1.82) is 0 Å². The third kappa shape index (κ3) is 5.85. The highest BCUT2D eigenvalue weighted by Crippen LogP contribution is 2.33. The van der Waals surface area contributed by atoms with Crippen LogP contribution in [-0.2, 0) is 6.18 Å². The summed E-state index contributed by atoms with van der Waals surface area (Å²) < 4.78 is 53.6. The van der Waals surface area contributed by atoms with Gasteiger partial charge in [0.15, 0.2) is 0 Å². The van der Waals surface area contributed by atoms with Gasteiger partial charge in [0.05, 0.1) is 16.6 Å². The minimum absolute atomic E-state index is 0.128. The molecule has 1 aromatic heterocycles. The van der Waals surface area contributed by atoms with Gasteiger partial charge in [0, 0.05) is 32.6 Å². The van der Waals surface area contributed by atoms with Crippen LogP contribution < -0.4 is 15.5 Å². The van der Waals surface area contributed by atoms with E-state index in [1.54, 1.807) is 0 Å². The van der Waals surface area contributed by atoms with Gasteiger partial charge in [0.25, 0.3) is 5.91 Å². The number of aromatic nitrogens is 2. The second kappa shape index (κ2) is 10.7. The summed E-state index contributed by atoms with van der Waals surface area (Å²) >= 11 is 0. The quantitative estimate of drug-likeness (QED) is 0.417. The van der Waals surface area contributed by atoms with Gasteiger partial charge in [-0.25, -0.2) is 9.37 Å². The SMILES string of the molecule is CN(C)c1nc(NCC2CCC(CNC(=O)c3c(F)cccc3C(F)(F)F)CC2)nc2ccccc12. The molecule has 3 aromatic rings. The van der Waals surface area contributed by atoms with Crippen molar-refractivity contribution in [3.05, 3.63) is 59.4 Å². The van der Waals surface area contributed by atoms with Crippen LogP contribution in [0.2, 0.25) is 0 Å². The summed E-state index contributed by atoms with van der Waals surface area (Å²) in [4.78, 5) is 23.6. The minimum atomic E-state index is -4.80. The third-order valence-electron chi connectivity index (χ3n) is 6.62. The van der Waals surface area contributed by atoms with Crippen LogP contribution in [0.25, 0.3) is 10.9 Å². The van der Waals surface area contributed by atoms with Crippen LogP contribution in [0.15, 0.2) is 42.5 Å². The van der Waals surface area contributed by atoms with Crippen molar-refractivity contribution < 1.29 is 22.4 Å². The van der Waals surface area contributed by atoms with Crippen LogP contribution in [0.4, 0.5) is 29.3 Å². The molecule has 36 heavy (non-hydrogen) atoms. The van der Waals surface area contributed by atoms with E-state index in [1.807, 2.05) is 43.3 Å². The van der Waals surface area contributed by atoms with Gasteiger partial charge in [-0.05, 0) is 61.8 Å². The van der Waals surface area contributed by atoms with E-state index in [0.29, 0.717) is 18.4 Å². The molecule has 0 bridgehead atoms. The molecular formula is C26H29F4N5O. The van der Waals surface area contributed by atoms with E-state index in [2.05, 4.69) is 20.6 Å². The Balaban J connectivity index is 1.29. The lowest BCUT2D eigenvalue weighted by atomic mass is 9.82. The number of alkyl halides is 3. The molecule has 0 unspecified atom stereocenters. The van der Waals surface area contributed by atoms with E-state index in [1.165, 1.54) is 0 Å². The van der Waals surface area contributed by atoms with E-state index in [0.717, 1.165) is 60.6 Å². The maximum absolute atomic E-state index is 14.0. The predicted octanol–water partition coefficient (Wildman–Crippen LogP) is 5.50. The van der Waals surface area contributed by atoms with Crippen LogP contribution in [0.5, 0.6) is 0 Å². The van der Waals surface area contributed by atoms with Crippen LogP contribution >= 0.6 is 0 Å². The van der Waals surface area contributed by atoms with Gasteiger partial charge in [0.1, 0.15) is 11.6 Å². The number of anilines is 2. The molecule has 0 spiro atoms. The summed E-state index contributed by atoms with van der Waals surface area (Å²) in [6.07, 6.45) is -1.37. The van der Waals surface area contributed by atoms with Gasteiger partial charge in [0.2, 0.25) is 5.95 Å². The van der Waals surface area contributed by atoms with E-state index in [4.69, 9.17) is 0 Å². The number of nitrogens with zero attached hydrogens (tertiary/aromatic N) is 3. The van der Waals surface area contributed by atoms with Gasteiger partial charge >= 0.3 is 6.18 Å². The number of halogens is 4. The Morgan fingerprint density at radius 2 is 1.64 bits per heavy atom. The first-order chi connectivity index (χ1) is 17.1. The van der Waals surface area contributed by atoms with Crippen molar-refractivity contribution in [2.45, 2.75) is 31.9 Å². The molecule has 1 saturated carbocycles. The van der Waals surface area contributed by atoms with E-state index in [9.17, 15) is 22.4 Å². The number of benzene rings is 2. The number of fused-ring (bicyclic) bond motifs is 1. The molecule has 0 aliphatic heterocycles. The summed E-state index contributed by atoms with van der Waals surface area (Å²) in [7, 11) is 3.88. The summed E-state index contributed by atoms with van der Waals surface area (Å²) in [5, 5.41) is 6.84. The van der Waals surface area contributed by atoms with Gasteiger partial charge in [-0.2, -0.15) is 18.2 Å². The van der Waals surface area contributed by atoms with Gasteiger partial charge in [-0.1, -0.05) is 18.2 Å².